The third-order valence-electron chi connectivity index (χ3n) is 4.59. The van der Waals surface area contributed by atoms with E-state index in [9.17, 15) is 35.8 Å². The van der Waals surface area contributed by atoms with E-state index in [-0.39, 0.29) is 29.4 Å². The molecule has 0 bridgehead atoms. The summed E-state index contributed by atoms with van der Waals surface area (Å²) in [6, 6.07) is 15.4. The number of hydrogen-bond acceptors (Lipinski definition) is 5. The molecule has 0 fully saturated rings. The predicted molar refractivity (Wildman–Crippen MR) is 112 cm³/mol. The Hall–Kier alpha value is -3.54. The Balaban J connectivity index is 1.87. The van der Waals surface area contributed by atoms with Gasteiger partial charge in [0, 0.05) is 30.6 Å². The summed E-state index contributed by atoms with van der Waals surface area (Å²) in [6.45, 7) is -1.22. The molecule has 35 heavy (non-hydrogen) atoms. The van der Waals surface area contributed by atoms with E-state index in [4.69, 9.17) is 4.74 Å². The summed E-state index contributed by atoms with van der Waals surface area (Å²) in [6.07, 6.45) is -15.0. The fourth-order valence-corrected chi connectivity index (χ4v) is 2.97. The van der Waals surface area contributed by atoms with Gasteiger partial charge in [0.1, 0.15) is 11.5 Å². The highest BCUT2D eigenvalue weighted by molar-refractivity contribution is 5.52. The molecule has 1 unspecified atom stereocenters. The molecule has 0 aliphatic rings. The van der Waals surface area contributed by atoms with Gasteiger partial charge in [-0.2, -0.15) is 30.7 Å². The van der Waals surface area contributed by atoms with E-state index < -0.39 is 37.1 Å². The first-order chi connectivity index (χ1) is 16.4. The summed E-state index contributed by atoms with van der Waals surface area (Å²) in [4.78, 5) is 5.13. The zero-order valence-corrected chi connectivity index (χ0v) is 17.8. The molecular formula is C23H19F7N2O3. The van der Waals surface area contributed by atoms with E-state index in [0.717, 1.165) is 17.0 Å². The number of anilines is 1. The molecule has 1 N–H and O–H groups in total. The number of pyridine rings is 1. The largest absolute Gasteiger partial charge is 0.461 e. The molecule has 0 aliphatic heterocycles. The van der Waals surface area contributed by atoms with Crippen LogP contribution in [0, 0.1) is 0 Å². The maximum atomic E-state index is 13.3. The lowest BCUT2D eigenvalue weighted by atomic mass is 10.1. The molecule has 1 heterocycles. The van der Waals surface area contributed by atoms with Gasteiger partial charge in [-0.1, -0.05) is 24.3 Å². The van der Waals surface area contributed by atoms with Gasteiger partial charge in [0.2, 0.25) is 5.88 Å². The van der Waals surface area contributed by atoms with Crippen LogP contribution in [0.5, 0.6) is 17.4 Å². The Morgan fingerprint density at radius 2 is 1.60 bits per heavy atom. The van der Waals surface area contributed by atoms with Gasteiger partial charge >= 0.3 is 18.7 Å². The first-order valence-electron chi connectivity index (χ1n) is 10.1. The van der Waals surface area contributed by atoms with Crippen LogP contribution in [0.1, 0.15) is 5.56 Å². The Morgan fingerprint density at radius 3 is 2.26 bits per heavy atom. The lowest BCUT2D eigenvalue weighted by Gasteiger charge is -2.29. The van der Waals surface area contributed by atoms with Gasteiger partial charge in [-0.05, 0) is 35.9 Å². The fraction of sp³-hybridized carbons (Fsp3) is 0.261. The Kier molecular flexibility index (Phi) is 8.05. The van der Waals surface area contributed by atoms with Crippen molar-refractivity contribution < 1.29 is 45.3 Å². The molecule has 188 valence electrons. The molecule has 3 aromatic rings. The summed E-state index contributed by atoms with van der Waals surface area (Å²) in [5, 5.41) is 9.65. The minimum atomic E-state index is -4.93. The predicted octanol–water partition coefficient (Wildman–Crippen LogP) is 6.04. The molecule has 2 aromatic carbocycles. The van der Waals surface area contributed by atoms with Crippen LogP contribution < -0.4 is 14.4 Å². The molecule has 0 saturated carbocycles. The molecule has 0 saturated heterocycles. The Bertz CT molecular complexity index is 1100. The first-order valence-corrected chi connectivity index (χ1v) is 10.1. The molecule has 3 rings (SSSR count). The van der Waals surface area contributed by atoms with E-state index in [0.29, 0.717) is 0 Å². The lowest BCUT2D eigenvalue weighted by Crippen LogP contribution is -2.40. The zero-order valence-electron chi connectivity index (χ0n) is 17.8. The summed E-state index contributed by atoms with van der Waals surface area (Å²) >= 11 is 0. The summed E-state index contributed by atoms with van der Waals surface area (Å²) in [5.41, 5.74) is 0.365. The molecular weight excluding hydrogens is 485 g/mol. The molecule has 5 nitrogen and oxygen atoms in total. The van der Waals surface area contributed by atoms with Crippen molar-refractivity contribution in [2.75, 3.05) is 11.4 Å². The van der Waals surface area contributed by atoms with Crippen LogP contribution in [0.2, 0.25) is 0 Å². The number of aliphatic hydroxyl groups excluding tert-OH is 1. The smallest absolute Gasteiger partial charge is 0.439 e. The van der Waals surface area contributed by atoms with Gasteiger partial charge in [0.05, 0.1) is 6.54 Å². The molecule has 0 amide bonds. The quantitative estimate of drug-likeness (QED) is 0.341. The van der Waals surface area contributed by atoms with Gasteiger partial charge in [-0.25, -0.2) is 4.98 Å². The van der Waals surface area contributed by atoms with Crippen LogP contribution in [0.15, 0.2) is 72.9 Å². The maximum absolute atomic E-state index is 13.3. The van der Waals surface area contributed by atoms with Crippen LogP contribution in [0.4, 0.5) is 36.4 Å². The van der Waals surface area contributed by atoms with Gasteiger partial charge in [0.15, 0.2) is 6.10 Å². The number of ether oxygens (including phenoxy) is 2. The fourth-order valence-electron chi connectivity index (χ4n) is 2.97. The standard InChI is InChI=1S/C23H19F7N2O3/c24-21(25)23(29,30)35-18-8-3-5-15(11-18)13-32(14-19(33)22(26,27)28)16-6-4-7-17(12-16)34-20-9-1-2-10-31-20/h1-12,19,21,33H,13-14H2. The number of halogens is 7. The van der Waals surface area contributed by atoms with Crippen LogP contribution in [0.25, 0.3) is 0 Å². The third kappa shape index (κ3) is 7.47. The summed E-state index contributed by atoms with van der Waals surface area (Å²) < 4.78 is 100. The average Bonchev–Trinajstić information content (AvgIpc) is 2.79. The van der Waals surface area contributed by atoms with Gasteiger partial charge in [0.25, 0.3) is 0 Å². The van der Waals surface area contributed by atoms with Crippen molar-refractivity contribution in [2.45, 2.75) is 31.4 Å². The highest BCUT2D eigenvalue weighted by Crippen LogP contribution is 2.31. The number of aromatic nitrogens is 1. The first kappa shape index (κ1) is 26.1. The highest BCUT2D eigenvalue weighted by Gasteiger charge is 2.44. The van der Waals surface area contributed by atoms with Crippen molar-refractivity contribution in [1.82, 2.24) is 4.98 Å². The molecule has 1 aromatic heterocycles. The number of aliphatic hydroxyl groups is 1. The summed E-state index contributed by atoms with van der Waals surface area (Å²) in [5.74, 6) is -0.131. The third-order valence-corrected chi connectivity index (χ3v) is 4.59. The molecule has 0 radical (unpaired) electrons. The van der Waals surface area contributed by atoms with Crippen molar-refractivity contribution in [3.8, 4) is 17.4 Å². The van der Waals surface area contributed by atoms with E-state index in [1.54, 1.807) is 18.2 Å². The van der Waals surface area contributed by atoms with E-state index >= 15 is 0 Å². The minimum Gasteiger partial charge on any atom is -0.439 e. The number of benzene rings is 2. The second-order valence-electron chi connectivity index (χ2n) is 7.32. The van der Waals surface area contributed by atoms with Crippen molar-refractivity contribution in [3.63, 3.8) is 0 Å². The number of nitrogens with zero attached hydrogens (tertiary/aromatic N) is 2. The van der Waals surface area contributed by atoms with Gasteiger partial charge in [-0.3, -0.25) is 0 Å². The van der Waals surface area contributed by atoms with E-state index in [2.05, 4.69) is 9.72 Å². The van der Waals surface area contributed by atoms with Crippen LogP contribution in [0.3, 0.4) is 0 Å². The number of hydrogen-bond donors (Lipinski definition) is 1. The SMILES string of the molecule is OC(CN(Cc1cccc(OC(F)(F)C(F)F)c1)c1cccc(Oc2ccccn2)c1)C(F)(F)F. The van der Waals surface area contributed by atoms with E-state index in [1.165, 1.54) is 42.6 Å². The zero-order chi connectivity index (χ0) is 25.6. The summed E-state index contributed by atoms with van der Waals surface area (Å²) in [7, 11) is 0. The van der Waals surface area contributed by atoms with Crippen LogP contribution in [-0.4, -0.2) is 41.4 Å². The van der Waals surface area contributed by atoms with Crippen molar-refractivity contribution >= 4 is 5.69 Å². The minimum absolute atomic E-state index is 0.165. The van der Waals surface area contributed by atoms with E-state index in [1.807, 2.05) is 0 Å². The van der Waals surface area contributed by atoms with Crippen molar-refractivity contribution in [2.24, 2.45) is 0 Å². The highest BCUT2D eigenvalue weighted by atomic mass is 19.4. The average molecular weight is 504 g/mol. The molecule has 0 spiro atoms. The van der Waals surface area contributed by atoms with Gasteiger partial charge < -0.3 is 19.5 Å². The van der Waals surface area contributed by atoms with Crippen LogP contribution in [-0.2, 0) is 6.54 Å². The molecule has 1 atom stereocenters. The number of alkyl halides is 7. The lowest BCUT2D eigenvalue weighted by molar-refractivity contribution is -0.253. The molecule has 12 heteroatoms. The second-order valence-corrected chi connectivity index (χ2v) is 7.32. The monoisotopic (exact) mass is 504 g/mol. The van der Waals surface area contributed by atoms with Crippen LogP contribution >= 0.6 is 0 Å². The Morgan fingerprint density at radius 1 is 0.886 bits per heavy atom. The molecule has 0 aliphatic carbocycles. The van der Waals surface area contributed by atoms with Gasteiger partial charge in [-0.15, -0.1) is 0 Å². The van der Waals surface area contributed by atoms with Crippen molar-refractivity contribution in [1.29, 1.82) is 0 Å². The normalized spacial score (nSPS) is 12.9. The topological polar surface area (TPSA) is 54.8 Å². The second kappa shape index (κ2) is 10.8. The van der Waals surface area contributed by atoms with Crippen molar-refractivity contribution in [3.05, 3.63) is 78.5 Å². The number of rotatable bonds is 10. The maximum Gasteiger partial charge on any atom is 0.461 e. The Labute approximate surface area is 195 Å².